The SMILES string of the molecule is ClB(Cl)Cl.O=CO. The first kappa shape index (κ1) is 10.4. The van der Waals surface area contributed by atoms with E-state index in [0.29, 0.717) is 0 Å². The molecule has 0 fully saturated rings. The van der Waals surface area contributed by atoms with E-state index < -0.39 is 4.96 Å². The first-order valence-electron chi connectivity index (χ1n) is 1.15. The molecule has 0 aromatic rings. The lowest BCUT2D eigenvalue weighted by atomic mass is 10.7. The Hall–Kier alpha value is 0.405. The summed E-state index contributed by atoms with van der Waals surface area (Å²) in [7, 11) is 0. The second-order valence-corrected chi connectivity index (χ2v) is 2.33. The molecule has 0 unspecified atom stereocenters. The van der Waals surface area contributed by atoms with Gasteiger partial charge >= 0.3 is 4.96 Å². The highest BCUT2D eigenvalue weighted by Crippen LogP contribution is 1.97. The van der Waals surface area contributed by atoms with Crippen LogP contribution in [-0.4, -0.2) is 16.5 Å². The lowest BCUT2D eigenvalue weighted by Crippen LogP contribution is -1.66. The molecule has 0 radical (unpaired) electrons. The van der Waals surface area contributed by atoms with Gasteiger partial charge in [-0.05, 0) is 0 Å². The Morgan fingerprint density at radius 3 is 1.43 bits per heavy atom. The van der Waals surface area contributed by atoms with Crippen molar-refractivity contribution in [2.24, 2.45) is 0 Å². The average molecular weight is 163 g/mol. The van der Waals surface area contributed by atoms with Crippen LogP contribution in [-0.2, 0) is 4.79 Å². The standard InChI is InChI=1S/CH2O2.BCl3/c2-1-3;2-1(3)4/h1H,(H,2,3);. The van der Waals surface area contributed by atoms with Crippen LogP contribution in [0.5, 0.6) is 0 Å². The van der Waals surface area contributed by atoms with Gasteiger partial charge in [0.25, 0.3) is 6.47 Å². The van der Waals surface area contributed by atoms with Gasteiger partial charge in [-0.25, -0.2) is 0 Å². The summed E-state index contributed by atoms with van der Waals surface area (Å²) in [5.41, 5.74) is 0. The molecule has 42 valence electrons. The summed E-state index contributed by atoms with van der Waals surface area (Å²) < 4.78 is 0. The number of hydrogen-bond acceptors (Lipinski definition) is 1. The zero-order valence-electron chi connectivity index (χ0n) is 3.14. The van der Waals surface area contributed by atoms with Crippen molar-refractivity contribution in [1.29, 1.82) is 0 Å². The van der Waals surface area contributed by atoms with E-state index in [9.17, 15) is 0 Å². The Morgan fingerprint density at radius 2 is 1.43 bits per heavy atom. The van der Waals surface area contributed by atoms with Gasteiger partial charge in [-0.2, -0.15) is 34.4 Å². The minimum atomic E-state index is -0.750. The Morgan fingerprint density at radius 1 is 1.43 bits per heavy atom. The maximum atomic E-state index is 8.36. The van der Waals surface area contributed by atoms with Crippen molar-refractivity contribution in [2.45, 2.75) is 0 Å². The second-order valence-electron chi connectivity index (χ2n) is 0.353. The molecule has 1 N–H and O–H groups in total. The Balaban J connectivity index is 0. The van der Waals surface area contributed by atoms with Gasteiger partial charge in [0, 0.05) is 0 Å². The van der Waals surface area contributed by atoms with Crippen LogP contribution in [0.4, 0.5) is 0 Å². The van der Waals surface area contributed by atoms with Crippen LogP contribution in [0.3, 0.4) is 0 Å². The topological polar surface area (TPSA) is 37.3 Å². The van der Waals surface area contributed by atoms with Crippen molar-refractivity contribution >= 4 is 45.8 Å². The zero-order valence-corrected chi connectivity index (χ0v) is 5.41. The third-order valence-corrected chi connectivity index (χ3v) is 0. The molecule has 6 heteroatoms. The number of carbonyl (C=O) groups is 1. The Kier molecular flexibility index (Phi) is 14.3. The minimum Gasteiger partial charge on any atom is -0.483 e. The second kappa shape index (κ2) is 9.64. The van der Waals surface area contributed by atoms with Gasteiger partial charge < -0.3 is 5.11 Å². The molecule has 0 bridgehead atoms. The summed E-state index contributed by atoms with van der Waals surface area (Å²) >= 11 is 14.4. The molecule has 0 atom stereocenters. The molecule has 0 aromatic heterocycles. The molecule has 0 aliphatic rings. The fourth-order valence-electron chi connectivity index (χ4n) is 0. The minimum absolute atomic E-state index is 0.250. The van der Waals surface area contributed by atoms with Crippen molar-refractivity contribution in [2.75, 3.05) is 0 Å². The molecule has 0 rings (SSSR count). The first-order chi connectivity index (χ1) is 3.15. The number of rotatable bonds is 0. The summed E-state index contributed by atoms with van der Waals surface area (Å²) in [4.78, 5) is 7.61. The third-order valence-electron chi connectivity index (χ3n) is 0. The third kappa shape index (κ3) is 758. The molecule has 0 aliphatic heterocycles. The van der Waals surface area contributed by atoms with Gasteiger partial charge in [-0.3, -0.25) is 4.79 Å². The fourth-order valence-corrected chi connectivity index (χ4v) is 0. The van der Waals surface area contributed by atoms with E-state index >= 15 is 0 Å². The maximum Gasteiger partial charge on any atom is 0.450 e. The molecule has 2 nitrogen and oxygen atoms in total. The number of halogens is 3. The van der Waals surface area contributed by atoms with Crippen LogP contribution < -0.4 is 0 Å². The first-order valence-corrected chi connectivity index (χ1v) is 2.46. The van der Waals surface area contributed by atoms with Crippen molar-refractivity contribution in [3.8, 4) is 0 Å². The monoisotopic (exact) mass is 162 g/mol. The zero-order chi connectivity index (χ0) is 6.28. The summed E-state index contributed by atoms with van der Waals surface area (Å²) in [5.74, 6) is 0. The van der Waals surface area contributed by atoms with Crippen molar-refractivity contribution in [3.05, 3.63) is 0 Å². The van der Waals surface area contributed by atoms with Crippen LogP contribution in [0.25, 0.3) is 0 Å². The van der Waals surface area contributed by atoms with Gasteiger partial charge in [0.2, 0.25) is 0 Å². The van der Waals surface area contributed by atoms with E-state index in [1.807, 2.05) is 0 Å². The number of hydrogen-bond donors (Lipinski definition) is 1. The highest BCUT2D eigenvalue weighted by molar-refractivity contribution is 7.54. The van der Waals surface area contributed by atoms with Gasteiger partial charge in [0.1, 0.15) is 0 Å². The number of carboxylic acid groups (broad SMARTS) is 1. The molecule has 0 heterocycles. The molecule has 7 heavy (non-hydrogen) atoms. The van der Waals surface area contributed by atoms with E-state index in [4.69, 9.17) is 44.3 Å². The van der Waals surface area contributed by atoms with Crippen molar-refractivity contribution in [3.63, 3.8) is 0 Å². The largest absolute Gasteiger partial charge is 0.483 e. The van der Waals surface area contributed by atoms with Gasteiger partial charge in [-0.1, -0.05) is 0 Å². The van der Waals surface area contributed by atoms with E-state index in [1.54, 1.807) is 0 Å². The lowest BCUT2D eigenvalue weighted by molar-refractivity contribution is -0.122. The van der Waals surface area contributed by atoms with Crippen LogP contribution in [0.2, 0.25) is 0 Å². The van der Waals surface area contributed by atoms with Crippen LogP contribution in [0.15, 0.2) is 0 Å². The lowest BCUT2D eigenvalue weighted by Gasteiger charge is -1.61. The quantitative estimate of drug-likeness (QED) is 0.433. The van der Waals surface area contributed by atoms with E-state index in [0.717, 1.165) is 0 Å². The normalized spacial score (nSPS) is 5.57. The van der Waals surface area contributed by atoms with Gasteiger partial charge in [-0.15, -0.1) is 0 Å². The maximum absolute atomic E-state index is 8.36. The average Bonchev–Trinajstić information content (AvgIpc) is 1.33. The predicted molar refractivity (Wildman–Crippen MR) is 32.0 cm³/mol. The van der Waals surface area contributed by atoms with E-state index in [2.05, 4.69) is 0 Å². The molecule has 0 saturated carbocycles. The highest BCUT2D eigenvalue weighted by atomic mass is 35.6. The van der Waals surface area contributed by atoms with Gasteiger partial charge in [0.05, 0.1) is 0 Å². The Bertz CT molecular complexity index is 37.2. The van der Waals surface area contributed by atoms with Crippen molar-refractivity contribution < 1.29 is 9.90 Å². The van der Waals surface area contributed by atoms with Crippen LogP contribution >= 0.6 is 34.4 Å². The highest BCUT2D eigenvalue weighted by Gasteiger charge is 1.91. The summed E-state index contributed by atoms with van der Waals surface area (Å²) in [6.07, 6.45) is 0. The smallest absolute Gasteiger partial charge is 0.450 e. The van der Waals surface area contributed by atoms with Crippen LogP contribution in [0.1, 0.15) is 0 Å². The summed E-state index contributed by atoms with van der Waals surface area (Å²) in [6.45, 7) is -0.250. The molecule has 0 amide bonds. The summed E-state index contributed by atoms with van der Waals surface area (Å²) in [6, 6.07) is 0. The van der Waals surface area contributed by atoms with Crippen LogP contribution in [0, 0.1) is 0 Å². The molecular formula is CH2BCl3O2. The predicted octanol–water partition coefficient (Wildman–Crippen LogP) is 1.39. The van der Waals surface area contributed by atoms with Crippen molar-refractivity contribution in [1.82, 2.24) is 0 Å². The molecule has 0 aromatic carbocycles. The summed E-state index contributed by atoms with van der Waals surface area (Å²) in [5, 5.41) is 6.89. The van der Waals surface area contributed by atoms with E-state index in [-0.39, 0.29) is 6.47 Å². The van der Waals surface area contributed by atoms with Gasteiger partial charge in [0.15, 0.2) is 0 Å². The Labute approximate surface area is 56.2 Å². The molecule has 0 spiro atoms. The molecule has 0 aliphatic carbocycles. The molecular weight excluding hydrogens is 161 g/mol. The van der Waals surface area contributed by atoms with E-state index in [1.165, 1.54) is 0 Å². The fraction of sp³-hybridized carbons (Fsp3) is 0. The molecule has 0 saturated heterocycles.